The first-order valence-corrected chi connectivity index (χ1v) is 5.95. The molecule has 0 amide bonds. The van der Waals surface area contributed by atoms with Gasteiger partial charge in [-0.1, -0.05) is 6.92 Å². The number of rotatable bonds is 0. The minimum Gasteiger partial charge on any atom is -0.347 e. The van der Waals surface area contributed by atoms with Crippen molar-refractivity contribution in [2.75, 3.05) is 0 Å². The summed E-state index contributed by atoms with van der Waals surface area (Å²) in [6.07, 6.45) is 6.53. The van der Waals surface area contributed by atoms with Gasteiger partial charge in [-0.05, 0) is 39.0 Å². The van der Waals surface area contributed by atoms with Crippen LogP contribution >= 0.6 is 0 Å². The zero-order valence-electron chi connectivity index (χ0n) is 9.58. The molecule has 0 aliphatic carbocycles. The summed E-state index contributed by atoms with van der Waals surface area (Å²) in [6.45, 7) is 6.64. The molecule has 2 nitrogen and oxygen atoms in total. The highest BCUT2D eigenvalue weighted by atomic mass is 16.7. The Bertz CT molecular complexity index is 187. The van der Waals surface area contributed by atoms with E-state index in [4.69, 9.17) is 9.47 Å². The average Bonchev–Trinajstić information content (AvgIpc) is 1.99. The van der Waals surface area contributed by atoms with Gasteiger partial charge in [0.1, 0.15) is 0 Å². The van der Waals surface area contributed by atoms with Crippen LogP contribution in [0.15, 0.2) is 0 Å². The molecule has 14 heavy (non-hydrogen) atoms. The maximum Gasteiger partial charge on any atom is 0.169 e. The van der Waals surface area contributed by atoms with Gasteiger partial charge in [0, 0.05) is 12.8 Å². The third-order valence-electron chi connectivity index (χ3n) is 3.39. The first kappa shape index (κ1) is 10.4. The van der Waals surface area contributed by atoms with Crippen LogP contribution in [-0.2, 0) is 9.47 Å². The van der Waals surface area contributed by atoms with E-state index in [0.29, 0.717) is 12.2 Å². The lowest BCUT2D eigenvalue weighted by Gasteiger charge is -2.46. The van der Waals surface area contributed by atoms with Crippen molar-refractivity contribution in [2.24, 2.45) is 5.92 Å². The molecule has 0 saturated carbocycles. The molecular weight excluding hydrogens is 176 g/mol. The van der Waals surface area contributed by atoms with Gasteiger partial charge in [0.2, 0.25) is 0 Å². The normalized spacial score (nSPS) is 49.5. The SMILES string of the molecule is C[C@@H]1C[C@@H](C)O[C@]2(CCC[C@@H](C)O2)C1. The van der Waals surface area contributed by atoms with Crippen LogP contribution in [0.5, 0.6) is 0 Å². The molecular formula is C12H22O2. The van der Waals surface area contributed by atoms with Crippen molar-refractivity contribution < 1.29 is 9.47 Å². The van der Waals surface area contributed by atoms with Crippen molar-refractivity contribution >= 4 is 0 Å². The molecule has 2 aliphatic heterocycles. The molecule has 2 rings (SSSR count). The molecule has 2 heterocycles. The van der Waals surface area contributed by atoms with Crippen LogP contribution in [-0.4, -0.2) is 18.0 Å². The molecule has 2 aliphatic rings. The quantitative estimate of drug-likeness (QED) is 0.595. The van der Waals surface area contributed by atoms with E-state index >= 15 is 0 Å². The summed E-state index contributed by atoms with van der Waals surface area (Å²) in [5.74, 6) is 0.512. The summed E-state index contributed by atoms with van der Waals surface area (Å²) in [4.78, 5) is 0. The lowest BCUT2D eigenvalue weighted by Crippen LogP contribution is -2.48. The summed E-state index contributed by atoms with van der Waals surface area (Å²) in [5, 5.41) is 0. The van der Waals surface area contributed by atoms with E-state index in [1.54, 1.807) is 0 Å². The van der Waals surface area contributed by atoms with Crippen molar-refractivity contribution in [3.63, 3.8) is 0 Å². The molecule has 0 aromatic heterocycles. The summed E-state index contributed by atoms with van der Waals surface area (Å²) in [6, 6.07) is 0. The van der Waals surface area contributed by atoms with Crippen molar-refractivity contribution in [1.82, 2.24) is 0 Å². The number of ether oxygens (including phenoxy) is 2. The van der Waals surface area contributed by atoms with Gasteiger partial charge in [-0.25, -0.2) is 0 Å². The first-order valence-electron chi connectivity index (χ1n) is 5.95. The fourth-order valence-corrected chi connectivity index (χ4v) is 3.02. The highest BCUT2D eigenvalue weighted by Gasteiger charge is 2.42. The maximum atomic E-state index is 6.03. The molecule has 0 unspecified atom stereocenters. The van der Waals surface area contributed by atoms with E-state index < -0.39 is 0 Å². The molecule has 2 saturated heterocycles. The Hall–Kier alpha value is -0.0800. The topological polar surface area (TPSA) is 18.5 Å². The van der Waals surface area contributed by atoms with Crippen LogP contribution in [0.25, 0.3) is 0 Å². The van der Waals surface area contributed by atoms with Crippen molar-refractivity contribution in [1.29, 1.82) is 0 Å². The van der Waals surface area contributed by atoms with Crippen LogP contribution in [0, 0.1) is 5.92 Å². The minimum atomic E-state index is -0.227. The molecule has 2 fully saturated rings. The molecule has 0 N–H and O–H groups in total. The second-order valence-electron chi connectivity index (χ2n) is 5.20. The van der Waals surface area contributed by atoms with E-state index in [9.17, 15) is 0 Å². The molecule has 82 valence electrons. The first-order chi connectivity index (χ1) is 6.60. The largest absolute Gasteiger partial charge is 0.347 e. The summed E-state index contributed by atoms with van der Waals surface area (Å²) < 4.78 is 12.1. The fraction of sp³-hybridized carbons (Fsp3) is 1.00. The van der Waals surface area contributed by atoms with Crippen LogP contribution in [0.4, 0.5) is 0 Å². The molecule has 2 heteroatoms. The zero-order chi connectivity index (χ0) is 10.2. The van der Waals surface area contributed by atoms with Crippen LogP contribution in [0.3, 0.4) is 0 Å². The predicted molar refractivity (Wildman–Crippen MR) is 56.1 cm³/mol. The molecule has 1 spiro atoms. The Morgan fingerprint density at radius 2 is 1.79 bits per heavy atom. The molecule has 4 atom stereocenters. The number of hydrogen-bond donors (Lipinski definition) is 0. The molecule has 0 aromatic rings. The van der Waals surface area contributed by atoms with Gasteiger partial charge >= 0.3 is 0 Å². The third kappa shape index (κ3) is 2.12. The summed E-state index contributed by atoms with van der Waals surface area (Å²) in [7, 11) is 0. The van der Waals surface area contributed by atoms with E-state index in [0.717, 1.165) is 18.8 Å². The lowest BCUT2D eigenvalue weighted by molar-refractivity contribution is -0.316. The van der Waals surface area contributed by atoms with Crippen molar-refractivity contribution in [2.45, 2.75) is 70.9 Å². The predicted octanol–water partition coefficient (Wildman–Crippen LogP) is 3.11. The van der Waals surface area contributed by atoms with E-state index in [1.807, 2.05) is 0 Å². The lowest BCUT2D eigenvalue weighted by atomic mass is 9.87. The van der Waals surface area contributed by atoms with Crippen LogP contribution in [0.1, 0.15) is 52.9 Å². The summed E-state index contributed by atoms with van der Waals surface area (Å²) in [5.41, 5.74) is 0. The van der Waals surface area contributed by atoms with Gasteiger partial charge < -0.3 is 9.47 Å². The van der Waals surface area contributed by atoms with Crippen molar-refractivity contribution in [3.05, 3.63) is 0 Å². The fourth-order valence-electron chi connectivity index (χ4n) is 3.02. The van der Waals surface area contributed by atoms with Gasteiger partial charge in [0.15, 0.2) is 5.79 Å². The number of hydrogen-bond acceptors (Lipinski definition) is 2. The average molecular weight is 198 g/mol. The molecule has 0 aromatic carbocycles. The standard InChI is InChI=1S/C12H22O2/c1-9-7-11(3)14-12(8-9)6-4-5-10(2)13-12/h9-11H,4-8H2,1-3H3/t9-,10-,11-,12-/m1/s1. The van der Waals surface area contributed by atoms with Gasteiger partial charge in [-0.3, -0.25) is 0 Å². The second-order valence-corrected chi connectivity index (χ2v) is 5.20. The Labute approximate surface area is 87.0 Å². The van der Waals surface area contributed by atoms with Gasteiger partial charge in [-0.2, -0.15) is 0 Å². The summed E-state index contributed by atoms with van der Waals surface area (Å²) >= 11 is 0. The Morgan fingerprint density at radius 3 is 2.43 bits per heavy atom. The third-order valence-corrected chi connectivity index (χ3v) is 3.39. The zero-order valence-corrected chi connectivity index (χ0v) is 9.58. The van der Waals surface area contributed by atoms with Gasteiger partial charge in [0.25, 0.3) is 0 Å². The van der Waals surface area contributed by atoms with Crippen LogP contribution < -0.4 is 0 Å². The minimum absolute atomic E-state index is 0.227. The Morgan fingerprint density at radius 1 is 1.07 bits per heavy atom. The smallest absolute Gasteiger partial charge is 0.169 e. The Kier molecular flexibility index (Phi) is 2.85. The monoisotopic (exact) mass is 198 g/mol. The molecule has 0 bridgehead atoms. The van der Waals surface area contributed by atoms with Crippen LogP contribution in [0.2, 0.25) is 0 Å². The van der Waals surface area contributed by atoms with E-state index in [-0.39, 0.29) is 5.79 Å². The Balaban J connectivity index is 2.05. The van der Waals surface area contributed by atoms with E-state index in [1.165, 1.54) is 19.3 Å². The van der Waals surface area contributed by atoms with E-state index in [2.05, 4.69) is 20.8 Å². The second kappa shape index (κ2) is 3.82. The van der Waals surface area contributed by atoms with Gasteiger partial charge in [-0.15, -0.1) is 0 Å². The highest BCUT2D eigenvalue weighted by Crippen LogP contribution is 2.40. The van der Waals surface area contributed by atoms with Gasteiger partial charge in [0.05, 0.1) is 12.2 Å². The molecule has 0 radical (unpaired) electrons. The highest BCUT2D eigenvalue weighted by molar-refractivity contribution is 4.84. The van der Waals surface area contributed by atoms with Crippen molar-refractivity contribution in [3.8, 4) is 0 Å². The maximum absolute atomic E-state index is 6.03.